The summed E-state index contributed by atoms with van der Waals surface area (Å²) in [5.41, 5.74) is 0. The molecule has 1 aromatic rings. The SMILES string of the molecule is C=CCCCNCc1ccc(CC(=O)OC)s1. The Morgan fingerprint density at radius 1 is 1.53 bits per heavy atom. The normalized spacial score (nSPS) is 10.2. The number of ether oxygens (including phenoxy) is 1. The van der Waals surface area contributed by atoms with E-state index >= 15 is 0 Å². The number of allylic oxidation sites excluding steroid dienone is 1. The van der Waals surface area contributed by atoms with E-state index < -0.39 is 0 Å². The highest BCUT2D eigenvalue weighted by Crippen LogP contribution is 2.17. The lowest BCUT2D eigenvalue weighted by atomic mass is 10.3. The summed E-state index contributed by atoms with van der Waals surface area (Å²) in [6.07, 6.45) is 4.47. The molecule has 0 aliphatic rings. The Labute approximate surface area is 106 Å². The van der Waals surface area contributed by atoms with E-state index in [1.807, 2.05) is 12.1 Å². The average molecular weight is 253 g/mol. The highest BCUT2D eigenvalue weighted by Gasteiger charge is 2.05. The minimum atomic E-state index is -0.183. The van der Waals surface area contributed by atoms with Crippen molar-refractivity contribution in [3.8, 4) is 0 Å². The summed E-state index contributed by atoms with van der Waals surface area (Å²) in [6.45, 7) is 5.55. The molecule has 1 heterocycles. The molecule has 0 fully saturated rings. The number of carbonyl (C=O) groups is 1. The van der Waals surface area contributed by atoms with Gasteiger partial charge in [0.15, 0.2) is 0 Å². The van der Waals surface area contributed by atoms with Crippen LogP contribution in [0.15, 0.2) is 24.8 Å². The van der Waals surface area contributed by atoms with Gasteiger partial charge in [-0.1, -0.05) is 6.08 Å². The molecule has 0 spiro atoms. The van der Waals surface area contributed by atoms with Gasteiger partial charge in [-0.15, -0.1) is 17.9 Å². The summed E-state index contributed by atoms with van der Waals surface area (Å²) in [7, 11) is 1.41. The van der Waals surface area contributed by atoms with Gasteiger partial charge in [0, 0.05) is 16.3 Å². The van der Waals surface area contributed by atoms with E-state index in [1.54, 1.807) is 11.3 Å². The molecule has 0 unspecified atom stereocenters. The van der Waals surface area contributed by atoms with Crippen LogP contribution in [0, 0.1) is 0 Å². The molecule has 94 valence electrons. The van der Waals surface area contributed by atoms with Crippen molar-refractivity contribution in [1.29, 1.82) is 0 Å². The van der Waals surface area contributed by atoms with Gasteiger partial charge in [-0.2, -0.15) is 0 Å². The molecule has 1 rings (SSSR count). The summed E-state index contributed by atoms with van der Waals surface area (Å²) in [6, 6.07) is 4.05. The lowest BCUT2D eigenvalue weighted by Crippen LogP contribution is -2.13. The molecule has 0 amide bonds. The minimum Gasteiger partial charge on any atom is -0.469 e. The van der Waals surface area contributed by atoms with Crippen LogP contribution in [0.3, 0.4) is 0 Å². The van der Waals surface area contributed by atoms with Crippen molar-refractivity contribution >= 4 is 17.3 Å². The highest BCUT2D eigenvalue weighted by molar-refractivity contribution is 7.12. The zero-order valence-electron chi connectivity index (χ0n) is 10.2. The lowest BCUT2D eigenvalue weighted by Gasteiger charge is -2.00. The number of rotatable bonds is 8. The predicted octanol–water partition coefficient (Wildman–Crippen LogP) is 2.52. The predicted molar refractivity (Wildman–Crippen MR) is 71.2 cm³/mol. The van der Waals surface area contributed by atoms with Gasteiger partial charge in [-0.3, -0.25) is 4.79 Å². The second-order valence-corrected chi connectivity index (χ2v) is 4.98. The summed E-state index contributed by atoms with van der Waals surface area (Å²) >= 11 is 1.66. The van der Waals surface area contributed by atoms with E-state index in [0.717, 1.165) is 30.8 Å². The summed E-state index contributed by atoms with van der Waals surface area (Å²) in [5, 5.41) is 3.36. The van der Waals surface area contributed by atoms with Crippen LogP contribution in [0.1, 0.15) is 22.6 Å². The third kappa shape index (κ3) is 5.65. The van der Waals surface area contributed by atoms with Crippen LogP contribution in [-0.4, -0.2) is 19.6 Å². The number of thiophene rings is 1. The number of hydrogen-bond acceptors (Lipinski definition) is 4. The Balaban J connectivity index is 2.25. The smallest absolute Gasteiger partial charge is 0.310 e. The second kappa shape index (κ2) is 8.03. The first-order valence-electron chi connectivity index (χ1n) is 5.72. The van der Waals surface area contributed by atoms with Gasteiger partial charge in [-0.05, 0) is 31.5 Å². The Hall–Kier alpha value is -1.13. The number of methoxy groups -OCH3 is 1. The molecule has 0 aromatic carbocycles. The van der Waals surface area contributed by atoms with Crippen molar-refractivity contribution < 1.29 is 9.53 Å². The maximum atomic E-state index is 11.1. The molecule has 4 heteroatoms. The van der Waals surface area contributed by atoms with Gasteiger partial charge in [-0.25, -0.2) is 0 Å². The van der Waals surface area contributed by atoms with E-state index in [2.05, 4.69) is 22.7 Å². The number of carbonyl (C=O) groups excluding carboxylic acids is 1. The molecule has 1 aromatic heterocycles. The fourth-order valence-electron chi connectivity index (χ4n) is 1.41. The van der Waals surface area contributed by atoms with Crippen molar-refractivity contribution in [1.82, 2.24) is 5.32 Å². The zero-order valence-corrected chi connectivity index (χ0v) is 11.0. The molecule has 0 aliphatic carbocycles. The van der Waals surface area contributed by atoms with Crippen LogP contribution in [-0.2, 0) is 22.5 Å². The van der Waals surface area contributed by atoms with Gasteiger partial charge in [0.25, 0.3) is 0 Å². The molecule has 0 radical (unpaired) electrons. The van der Waals surface area contributed by atoms with Crippen LogP contribution in [0.25, 0.3) is 0 Å². The van der Waals surface area contributed by atoms with Crippen LogP contribution in [0.4, 0.5) is 0 Å². The monoisotopic (exact) mass is 253 g/mol. The van der Waals surface area contributed by atoms with Gasteiger partial charge < -0.3 is 10.1 Å². The van der Waals surface area contributed by atoms with E-state index in [9.17, 15) is 4.79 Å². The number of unbranched alkanes of at least 4 members (excludes halogenated alkanes) is 1. The maximum Gasteiger partial charge on any atom is 0.310 e. The van der Waals surface area contributed by atoms with E-state index in [-0.39, 0.29) is 5.97 Å². The van der Waals surface area contributed by atoms with Gasteiger partial charge in [0.2, 0.25) is 0 Å². The van der Waals surface area contributed by atoms with Crippen molar-refractivity contribution in [2.24, 2.45) is 0 Å². The van der Waals surface area contributed by atoms with E-state index in [4.69, 9.17) is 0 Å². The molecule has 0 saturated carbocycles. The van der Waals surface area contributed by atoms with Crippen molar-refractivity contribution in [2.75, 3.05) is 13.7 Å². The Morgan fingerprint density at radius 3 is 3.00 bits per heavy atom. The molecule has 1 N–H and O–H groups in total. The fraction of sp³-hybridized carbons (Fsp3) is 0.462. The van der Waals surface area contributed by atoms with E-state index in [0.29, 0.717) is 6.42 Å². The van der Waals surface area contributed by atoms with Crippen molar-refractivity contribution in [2.45, 2.75) is 25.8 Å². The standard InChI is InChI=1S/C13H19NO2S/c1-3-4-5-8-14-10-12-7-6-11(17-12)9-13(15)16-2/h3,6-7,14H,1,4-5,8-10H2,2H3. The number of hydrogen-bond donors (Lipinski definition) is 1. The van der Waals surface area contributed by atoms with Gasteiger partial charge >= 0.3 is 5.97 Å². The minimum absolute atomic E-state index is 0.183. The fourth-order valence-corrected chi connectivity index (χ4v) is 2.38. The molecular formula is C13H19NO2S. The molecule has 0 bridgehead atoms. The van der Waals surface area contributed by atoms with Crippen LogP contribution in [0.2, 0.25) is 0 Å². The topological polar surface area (TPSA) is 38.3 Å². The Kier molecular flexibility index (Phi) is 6.58. The first-order chi connectivity index (χ1) is 8.26. The van der Waals surface area contributed by atoms with Crippen molar-refractivity contribution in [3.05, 3.63) is 34.5 Å². The first kappa shape index (κ1) is 13.9. The summed E-state index contributed by atoms with van der Waals surface area (Å²) < 4.78 is 4.63. The largest absolute Gasteiger partial charge is 0.469 e. The van der Waals surface area contributed by atoms with E-state index in [1.165, 1.54) is 12.0 Å². The van der Waals surface area contributed by atoms with Crippen LogP contribution in [0.5, 0.6) is 0 Å². The average Bonchev–Trinajstić information content (AvgIpc) is 2.76. The third-order valence-electron chi connectivity index (χ3n) is 2.32. The Bertz CT molecular complexity index is 360. The lowest BCUT2D eigenvalue weighted by molar-refractivity contribution is -0.139. The zero-order chi connectivity index (χ0) is 12.5. The molecule has 17 heavy (non-hydrogen) atoms. The quantitative estimate of drug-likeness (QED) is 0.439. The van der Waals surface area contributed by atoms with Gasteiger partial charge in [0.1, 0.15) is 0 Å². The first-order valence-corrected chi connectivity index (χ1v) is 6.54. The molecule has 0 aliphatic heterocycles. The third-order valence-corrected chi connectivity index (χ3v) is 3.41. The molecule has 0 saturated heterocycles. The molecular weight excluding hydrogens is 234 g/mol. The summed E-state index contributed by atoms with van der Waals surface area (Å²) in [5.74, 6) is -0.183. The van der Waals surface area contributed by atoms with Crippen LogP contribution < -0.4 is 5.32 Å². The highest BCUT2D eigenvalue weighted by atomic mass is 32.1. The Morgan fingerprint density at radius 2 is 2.29 bits per heavy atom. The number of esters is 1. The van der Waals surface area contributed by atoms with Crippen molar-refractivity contribution in [3.63, 3.8) is 0 Å². The number of nitrogens with one attached hydrogen (secondary N) is 1. The molecule has 3 nitrogen and oxygen atoms in total. The summed E-state index contributed by atoms with van der Waals surface area (Å²) in [4.78, 5) is 13.4. The molecule has 0 atom stereocenters. The van der Waals surface area contributed by atoms with Gasteiger partial charge in [0.05, 0.1) is 13.5 Å². The van der Waals surface area contributed by atoms with Crippen LogP contribution >= 0.6 is 11.3 Å². The maximum absolute atomic E-state index is 11.1. The second-order valence-electron chi connectivity index (χ2n) is 3.73.